The van der Waals surface area contributed by atoms with Gasteiger partial charge in [0.25, 0.3) is 0 Å². The molecule has 2 nitrogen and oxygen atoms in total. The van der Waals surface area contributed by atoms with Gasteiger partial charge < -0.3 is 10.5 Å². The Bertz CT molecular complexity index is 314. The summed E-state index contributed by atoms with van der Waals surface area (Å²) in [7, 11) is 1.69. The van der Waals surface area contributed by atoms with Gasteiger partial charge in [-0.05, 0) is 23.3 Å². The van der Waals surface area contributed by atoms with E-state index < -0.39 is 0 Å². The maximum absolute atomic E-state index is 5.99. The number of ether oxygens (including phenoxy) is 1. The molecule has 2 N–H and O–H groups in total. The predicted octanol–water partition coefficient (Wildman–Crippen LogP) is 1.94. The quantitative estimate of drug-likeness (QED) is 0.743. The van der Waals surface area contributed by atoms with Crippen LogP contribution >= 0.6 is 11.8 Å². The van der Waals surface area contributed by atoms with E-state index in [0.29, 0.717) is 0 Å². The number of benzene rings is 1. The molecule has 13 heavy (non-hydrogen) atoms. The number of hydrogen-bond acceptors (Lipinski definition) is 3. The standard InChI is InChI=1S/C10H13NOS/c1-12-8-3-2-7-5-13-6-10(11)9(7)4-8/h2-4,10H,5-6,11H2,1H3/t10-/m1/s1. The second kappa shape index (κ2) is 3.60. The molecule has 0 saturated carbocycles. The summed E-state index contributed by atoms with van der Waals surface area (Å²) in [6.45, 7) is 0. The molecule has 1 aromatic carbocycles. The van der Waals surface area contributed by atoms with Crippen LogP contribution in [0.15, 0.2) is 18.2 Å². The minimum atomic E-state index is 0.170. The van der Waals surface area contributed by atoms with Crippen molar-refractivity contribution in [3.8, 4) is 5.75 Å². The molecule has 0 unspecified atom stereocenters. The van der Waals surface area contributed by atoms with Crippen molar-refractivity contribution >= 4 is 11.8 Å². The normalized spacial score (nSPS) is 20.9. The van der Waals surface area contributed by atoms with Crippen LogP contribution in [0.2, 0.25) is 0 Å². The van der Waals surface area contributed by atoms with E-state index in [2.05, 4.69) is 12.1 Å². The molecule has 1 aromatic rings. The SMILES string of the molecule is COc1ccc2c(c1)[C@H](N)CSC2. The Labute approximate surface area is 82.5 Å². The van der Waals surface area contributed by atoms with Gasteiger partial charge in [-0.2, -0.15) is 11.8 Å². The Balaban J connectivity index is 2.41. The van der Waals surface area contributed by atoms with Crippen LogP contribution in [0.5, 0.6) is 5.75 Å². The van der Waals surface area contributed by atoms with Crippen LogP contribution in [0.1, 0.15) is 17.2 Å². The lowest BCUT2D eigenvalue weighted by Gasteiger charge is -2.22. The van der Waals surface area contributed by atoms with Crippen LogP contribution in [0.3, 0.4) is 0 Å². The lowest BCUT2D eigenvalue weighted by atomic mass is 10.0. The summed E-state index contributed by atoms with van der Waals surface area (Å²) in [5.41, 5.74) is 8.59. The average molecular weight is 195 g/mol. The first-order chi connectivity index (χ1) is 6.31. The van der Waals surface area contributed by atoms with Crippen molar-refractivity contribution in [2.75, 3.05) is 12.9 Å². The summed E-state index contributed by atoms with van der Waals surface area (Å²) >= 11 is 1.89. The van der Waals surface area contributed by atoms with Gasteiger partial charge >= 0.3 is 0 Å². The second-order valence-corrected chi connectivity index (χ2v) is 4.22. The summed E-state index contributed by atoms with van der Waals surface area (Å²) < 4.78 is 5.17. The van der Waals surface area contributed by atoms with Crippen LogP contribution in [-0.4, -0.2) is 12.9 Å². The fraction of sp³-hybridized carbons (Fsp3) is 0.400. The smallest absolute Gasteiger partial charge is 0.119 e. The van der Waals surface area contributed by atoms with E-state index in [1.807, 2.05) is 17.8 Å². The highest BCUT2D eigenvalue weighted by Gasteiger charge is 2.17. The Morgan fingerprint density at radius 2 is 2.38 bits per heavy atom. The molecule has 1 atom stereocenters. The minimum Gasteiger partial charge on any atom is -0.497 e. The van der Waals surface area contributed by atoms with Crippen molar-refractivity contribution in [2.45, 2.75) is 11.8 Å². The van der Waals surface area contributed by atoms with Gasteiger partial charge in [-0.3, -0.25) is 0 Å². The topological polar surface area (TPSA) is 35.2 Å². The van der Waals surface area contributed by atoms with Gasteiger partial charge in [-0.25, -0.2) is 0 Å². The van der Waals surface area contributed by atoms with Crippen molar-refractivity contribution in [1.82, 2.24) is 0 Å². The maximum Gasteiger partial charge on any atom is 0.119 e. The average Bonchev–Trinajstić information content (AvgIpc) is 2.18. The van der Waals surface area contributed by atoms with Crippen molar-refractivity contribution in [2.24, 2.45) is 5.73 Å². The fourth-order valence-corrected chi connectivity index (χ4v) is 2.60. The van der Waals surface area contributed by atoms with Gasteiger partial charge in [0.05, 0.1) is 7.11 Å². The first-order valence-electron chi connectivity index (χ1n) is 4.31. The van der Waals surface area contributed by atoms with Gasteiger partial charge in [0.15, 0.2) is 0 Å². The molecule has 0 spiro atoms. The largest absolute Gasteiger partial charge is 0.497 e. The first-order valence-corrected chi connectivity index (χ1v) is 5.47. The third-order valence-corrected chi connectivity index (χ3v) is 3.42. The molecule has 0 saturated heterocycles. The maximum atomic E-state index is 5.99. The zero-order valence-electron chi connectivity index (χ0n) is 7.62. The van der Waals surface area contributed by atoms with Crippen molar-refractivity contribution < 1.29 is 4.74 Å². The highest BCUT2D eigenvalue weighted by molar-refractivity contribution is 7.98. The molecular weight excluding hydrogens is 182 g/mol. The van der Waals surface area contributed by atoms with E-state index in [9.17, 15) is 0 Å². The van der Waals surface area contributed by atoms with E-state index in [1.54, 1.807) is 7.11 Å². The van der Waals surface area contributed by atoms with E-state index >= 15 is 0 Å². The Morgan fingerprint density at radius 3 is 3.15 bits per heavy atom. The summed E-state index contributed by atoms with van der Waals surface area (Å²) in [4.78, 5) is 0. The van der Waals surface area contributed by atoms with Crippen molar-refractivity contribution in [1.29, 1.82) is 0 Å². The molecule has 1 aliphatic rings. The van der Waals surface area contributed by atoms with E-state index in [1.165, 1.54) is 11.1 Å². The van der Waals surface area contributed by atoms with Crippen LogP contribution < -0.4 is 10.5 Å². The molecule has 0 fully saturated rings. The zero-order valence-corrected chi connectivity index (χ0v) is 8.43. The van der Waals surface area contributed by atoms with Gasteiger partial charge in [-0.15, -0.1) is 0 Å². The highest BCUT2D eigenvalue weighted by Crippen LogP contribution is 2.32. The molecule has 3 heteroatoms. The van der Waals surface area contributed by atoms with Crippen molar-refractivity contribution in [3.63, 3.8) is 0 Å². The monoisotopic (exact) mass is 195 g/mol. The molecule has 70 valence electrons. The Morgan fingerprint density at radius 1 is 1.54 bits per heavy atom. The van der Waals surface area contributed by atoms with E-state index in [4.69, 9.17) is 10.5 Å². The number of methoxy groups -OCH3 is 1. The first kappa shape index (κ1) is 8.91. The summed E-state index contributed by atoms with van der Waals surface area (Å²) in [5.74, 6) is 2.99. The number of fused-ring (bicyclic) bond motifs is 1. The second-order valence-electron chi connectivity index (χ2n) is 3.19. The molecule has 0 aromatic heterocycles. The van der Waals surface area contributed by atoms with Gasteiger partial charge in [0, 0.05) is 17.5 Å². The molecular formula is C10H13NOS. The number of hydrogen-bond donors (Lipinski definition) is 1. The molecule has 0 aliphatic carbocycles. The van der Waals surface area contributed by atoms with Crippen LogP contribution in [0, 0.1) is 0 Å². The molecule has 0 radical (unpaired) electrons. The Kier molecular flexibility index (Phi) is 2.47. The number of nitrogens with two attached hydrogens (primary N) is 1. The molecule has 1 aliphatic heterocycles. The van der Waals surface area contributed by atoms with Crippen LogP contribution in [-0.2, 0) is 5.75 Å². The van der Waals surface area contributed by atoms with Crippen LogP contribution in [0.4, 0.5) is 0 Å². The van der Waals surface area contributed by atoms with Gasteiger partial charge in [0.2, 0.25) is 0 Å². The number of rotatable bonds is 1. The summed E-state index contributed by atoms with van der Waals surface area (Å²) in [6.07, 6.45) is 0. The molecule has 2 rings (SSSR count). The summed E-state index contributed by atoms with van der Waals surface area (Å²) in [5, 5.41) is 0. The van der Waals surface area contributed by atoms with Crippen molar-refractivity contribution in [3.05, 3.63) is 29.3 Å². The van der Waals surface area contributed by atoms with E-state index in [-0.39, 0.29) is 6.04 Å². The highest BCUT2D eigenvalue weighted by atomic mass is 32.2. The van der Waals surface area contributed by atoms with Gasteiger partial charge in [0.1, 0.15) is 5.75 Å². The number of thioether (sulfide) groups is 1. The lowest BCUT2D eigenvalue weighted by molar-refractivity contribution is 0.413. The lowest BCUT2D eigenvalue weighted by Crippen LogP contribution is -2.18. The van der Waals surface area contributed by atoms with Crippen LogP contribution in [0.25, 0.3) is 0 Å². The van der Waals surface area contributed by atoms with E-state index in [0.717, 1.165) is 17.3 Å². The third-order valence-electron chi connectivity index (χ3n) is 2.31. The minimum absolute atomic E-state index is 0.170. The van der Waals surface area contributed by atoms with Gasteiger partial charge in [-0.1, -0.05) is 6.07 Å². The molecule has 0 amide bonds. The molecule has 0 bridgehead atoms. The molecule has 1 heterocycles. The zero-order chi connectivity index (χ0) is 9.26. The Hall–Kier alpha value is -0.670. The fourth-order valence-electron chi connectivity index (χ4n) is 1.56. The third kappa shape index (κ3) is 1.67. The predicted molar refractivity (Wildman–Crippen MR) is 56.1 cm³/mol. The summed E-state index contributed by atoms with van der Waals surface area (Å²) in [6, 6.07) is 6.33.